The van der Waals surface area contributed by atoms with Crippen molar-refractivity contribution in [1.82, 2.24) is 10.2 Å². The number of rotatable bonds is 2. The minimum Gasteiger partial charge on any atom is -0.313 e. The Balaban J connectivity index is 1.91. The van der Waals surface area contributed by atoms with Gasteiger partial charge in [-0.2, -0.15) is 0 Å². The summed E-state index contributed by atoms with van der Waals surface area (Å²) in [5.74, 6) is 0. The number of benzene rings is 1. The van der Waals surface area contributed by atoms with E-state index in [2.05, 4.69) is 48.3 Å². The van der Waals surface area contributed by atoms with E-state index in [9.17, 15) is 0 Å². The number of hydrogen-bond donors (Lipinski definition) is 1. The molecule has 0 aromatic heterocycles. The zero-order valence-electron chi connectivity index (χ0n) is 10.4. The smallest absolute Gasteiger partial charge is 0.0234 e. The third kappa shape index (κ3) is 3.32. The minimum absolute atomic E-state index is 0.669. The average molecular weight is 218 g/mol. The summed E-state index contributed by atoms with van der Waals surface area (Å²) in [6, 6.07) is 9.57. The van der Waals surface area contributed by atoms with Gasteiger partial charge < -0.3 is 5.32 Å². The fraction of sp³-hybridized carbons (Fsp3) is 0.571. The molecule has 1 atom stereocenters. The van der Waals surface area contributed by atoms with Crippen molar-refractivity contribution in [2.75, 3.05) is 19.6 Å². The fourth-order valence-electron chi connectivity index (χ4n) is 2.17. The van der Waals surface area contributed by atoms with Crippen LogP contribution in [0.15, 0.2) is 24.3 Å². The first-order valence-corrected chi connectivity index (χ1v) is 6.25. The van der Waals surface area contributed by atoms with Crippen molar-refractivity contribution in [1.29, 1.82) is 0 Å². The zero-order valence-corrected chi connectivity index (χ0v) is 10.4. The monoisotopic (exact) mass is 218 g/mol. The predicted octanol–water partition coefficient (Wildman–Crippen LogP) is 2.18. The van der Waals surface area contributed by atoms with Gasteiger partial charge in [0.2, 0.25) is 0 Å². The molecule has 2 rings (SSSR count). The van der Waals surface area contributed by atoms with Crippen molar-refractivity contribution >= 4 is 0 Å². The van der Waals surface area contributed by atoms with Gasteiger partial charge in [0.05, 0.1) is 0 Å². The maximum Gasteiger partial charge on any atom is 0.0234 e. The lowest BCUT2D eigenvalue weighted by Crippen LogP contribution is -2.28. The van der Waals surface area contributed by atoms with Crippen molar-refractivity contribution in [3.8, 4) is 0 Å². The topological polar surface area (TPSA) is 15.3 Å². The van der Waals surface area contributed by atoms with Gasteiger partial charge in [-0.1, -0.05) is 29.8 Å². The summed E-state index contributed by atoms with van der Waals surface area (Å²) in [4.78, 5) is 2.54. The summed E-state index contributed by atoms with van der Waals surface area (Å²) in [5, 5.41) is 3.53. The van der Waals surface area contributed by atoms with Crippen LogP contribution in [0.25, 0.3) is 0 Å². The Hall–Kier alpha value is -0.860. The Morgan fingerprint density at radius 3 is 2.75 bits per heavy atom. The molecule has 0 bridgehead atoms. The van der Waals surface area contributed by atoms with Gasteiger partial charge in [-0.05, 0) is 25.8 Å². The van der Waals surface area contributed by atoms with E-state index in [0.717, 1.165) is 19.6 Å². The number of nitrogens with zero attached hydrogens (tertiary/aromatic N) is 1. The van der Waals surface area contributed by atoms with Crippen LogP contribution in [-0.4, -0.2) is 30.6 Å². The quantitative estimate of drug-likeness (QED) is 0.818. The van der Waals surface area contributed by atoms with Crippen molar-refractivity contribution in [3.05, 3.63) is 35.4 Å². The SMILES string of the molecule is Cc1ccc(CN2CCNC(C)CC2)cc1. The van der Waals surface area contributed by atoms with Crippen LogP contribution >= 0.6 is 0 Å². The highest BCUT2D eigenvalue weighted by atomic mass is 15.2. The fourth-order valence-corrected chi connectivity index (χ4v) is 2.17. The van der Waals surface area contributed by atoms with Crippen molar-refractivity contribution in [2.45, 2.75) is 32.9 Å². The highest BCUT2D eigenvalue weighted by molar-refractivity contribution is 5.21. The standard InChI is InChI=1S/C14H22N2/c1-12-3-5-14(6-4-12)11-16-9-7-13(2)15-8-10-16/h3-6,13,15H,7-11H2,1-2H3. The molecule has 88 valence electrons. The lowest BCUT2D eigenvalue weighted by Gasteiger charge is -2.19. The highest BCUT2D eigenvalue weighted by Gasteiger charge is 2.12. The molecule has 0 aliphatic carbocycles. The molecule has 1 N–H and O–H groups in total. The molecule has 1 unspecified atom stereocenters. The third-order valence-electron chi connectivity index (χ3n) is 3.33. The molecule has 2 heteroatoms. The van der Waals surface area contributed by atoms with Crippen LogP contribution < -0.4 is 5.32 Å². The molecule has 1 aliphatic rings. The maximum absolute atomic E-state index is 3.53. The van der Waals surface area contributed by atoms with Gasteiger partial charge in [0, 0.05) is 32.2 Å². The summed E-state index contributed by atoms with van der Waals surface area (Å²) in [6.45, 7) is 9.00. The normalized spacial score (nSPS) is 23.0. The predicted molar refractivity (Wildman–Crippen MR) is 68.5 cm³/mol. The van der Waals surface area contributed by atoms with Crippen molar-refractivity contribution in [2.24, 2.45) is 0 Å². The first kappa shape index (κ1) is 11.6. The van der Waals surface area contributed by atoms with Crippen LogP contribution in [0.5, 0.6) is 0 Å². The van der Waals surface area contributed by atoms with Crippen LogP contribution in [0.3, 0.4) is 0 Å². The van der Waals surface area contributed by atoms with Gasteiger partial charge in [-0.25, -0.2) is 0 Å². The van der Waals surface area contributed by atoms with Gasteiger partial charge in [0.15, 0.2) is 0 Å². The minimum atomic E-state index is 0.669. The van der Waals surface area contributed by atoms with Crippen LogP contribution in [0.1, 0.15) is 24.5 Å². The zero-order chi connectivity index (χ0) is 11.4. The number of nitrogens with one attached hydrogen (secondary N) is 1. The Bertz CT molecular complexity index is 318. The average Bonchev–Trinajstić information content (AvgIpc) is 2.47. The van der Waals surface area contributed by atoms with Crippen LogP contribution in [0.2, 0.25) is 0 Å². The maximum atomic E-state index is 3.53. The molecule has 0 saturated carbocycles. The van der Waals surface area contributed by atoms with Gasteiger partial charge in [0.1, 0.15) is 0 Å². The molecule has 0 spiro atoms. The molecular weight excluding hydrogens is 196 g/mol. The summed E-state index contributed by atoms with van der Waals surface area (Å²) >= 11 is 0. The Morgan fingerprint density at radius 1 is 1.25 bits per heavy atom. The lowest BCUT2D eigenvalue weighted by molar-refractivity contribution is 0.282. The third-order valence-corrected chi connectivity index (χ3v) is 3.33. The molecule has 16 heavy (non-hydrogen) atoms. The van der Waals surface area contributed by atoms with Crippen molar-refractivity contribution in [3.63, 3.8) is 0 Å². The van der Waals surface area contributed by atoms with E-state index in [1.54, 1.807) is 0 Å². The lowest BCUT2D eigenvalue weighted by atomic mass is 10.1. The van der Waals surface area contributed by atoms with Crippen LogP contribution in [0, 0.1) is 6.92 Å². The molecule has 1 saturated heterocycles. The second-order valence-electron chi connectivity index (χ2n) is 4.91. The summed E-state index contributed by atoms with van der Waals surface area (Å²) in [6.07, 6.45) is 1.26. The summed E-state index contributed by atoms with van der Waals surface area (Å²) in [5.41, 5.74) is 2.77. The Kier molecular flexibility index (Phi) is 3.97. The first-order valence-electron chi connectivity index (χ1n) is 6.25. The Morgan fingerprint density at radius 2 is 2.00 bits per heavy atom. The van der Waals surface area contributed by atoms with E-state index >= 15 is 0 Å². The van der Waals surface area contributed by atoms with Gasteiger partial charge in [-0.3, -0.25) is 4.90 Å². The first-order chi connectivity index (χ1) is 7.74. The van der Waals surface area contributed by atoms with Crippen molar-refractivity contribution < 1.29 is 0 Å². The van der Waals surface area contributed by atoms with Gasteiger partial charge in [0.25, 0.3) is 0 Å². The van der Waals surface area contributed by atoms with E-state index in [0.29, 0.717) is 6.04 Å². The Labute approximate surface area is 98.7 Å². The number of aryl methyl sites for hydroxylation is 1. The second kappa shape index (κ2) is 5.46. The van der Waals surface area contributed by atoms with Gasteiger partial charge >= 0.3 is 0 Å². The summed E-state index contributed by atoms with van der Waals surface area (Å²) < 4.78 is 0. The second-order valence-corrected chi connectivity index (χ2v) is 4.91. The molecule has 0 amide bonds. The van der Waals surface area contributed by atoms with E-state index in [-0.39, 0.29) is 0 Å². The molecule has 1 fully saturated rings. The van der Waals surface area contributed by atoms with Crippen LogP contribution in [0.4, 0.5) is 0 Å². The van der Waals surface area contributed by atoms with Gasteiger partial charge in [-0.15, -0.1) is 0 Å². The van der Waals surface area contributed by atoms with E-state index in [4.69, 9.17) is 0 Å². The molecule has 1 heterocycles. The van der Waals surface area contributed by atoms with E-state index < -0.39 is 0 Å². The molecular formula is C14H22N2. The van der Waals surface area contributed by atoms with E-state index in [1.807, 2.05) is 0 Å². The van der Waals surface area contributed by atoms with E-state index in [1.165, 1.54) is 24.1 Å². The van der Waals surface area contributed by atoms with Crippen LogP contribution in [-0.2, 0) is 6.54 Å². The molecule has 1 aromatic rings. The number of hydrogen-bond acceptors (Lipinski definition) is 2. The molecule has 1 aromatic carbocycles. The molecule has 0 radical (unpaired) electrons. The highest BCUT2D eigenvalue weighted by Crippen LogP contribution is 2.09. The summed E-state index contributed by atoms with van der Waals surface area (Å²) in [7, 11) is 0. The largest absolute Gasteiger partial charge is 0.313 e. The molecule has 1 aliphatic heterocycles. The molecule has 2 nitrogen and oxygen atoms in total.